The predicted octanol–water partition coefficient (Wildman–Crippen LogP) is 0.842. The standard InChI is InChI=1S/C12H12N6O3/c13-12(19)16-15-6-10-14-7-11(18(20)21)17(10)8-9-4-2-1-3-5-9/h1-7H,8H2,(H3,13,16,19). The van der Waals surface area contributed by atoms with Crippen molar-refractivity contribution in [2.75, 3.05) is 0 Å². The number of primary amides is 1. The number of hydrogen-bond acceptors (Lipinski definition) is 5. The third-order valence-electron chi connectivity index (χ3n) is 2.59. The van der Waals surface area contributed by atoms with Gasteiger partial charge in [0, 0.05) is 0 Å². The minimum atomic E-state index is -0.832. The van der Waals surface area contributed by atoms with Crippen molar-refractivity contribution < 1.29 is 9.72 Å². The number of hydrazone groups is 1. The largest absolute Gasteiger partial charge is 0.358 e. The first kappa shape index (κ1) is 14.2. The molecule has 0 aliphatic heterocycles. The van der Waals surface area contributed by atoms with Crippen molar-refractivity contribution in [2.45, 2.75) is 6.54 Å². The summed E-state index contributed by atoms with van der Waals surface area (Å²) in [5, 5.41) is 14.6. The first-order valence-corrected chi connectivity index (χ1v) is 5.90. The number of nitrogens with one attached hydrogen (secondary N) is 1. The Labute approximate surface area is 119 Å². The normalized spacial score (nSPS) is 10.7. The van der Waals surface area contributed by atoms with Gasteiger partial charge in [-0.2, -0.15) is 5.10 Å². The number of carbonyl (C=O) groups excluding carboxylic acids is 1. The van der Waals surface area contributed by atoms with Crippen LogP contribution in [0.2, 0.25) is 0 Å². The van der Waals surface area contributed by atoms with Crippen LogP contribution in [0, 0.1) is 10.1 Å². The van der Waals surface area contributed by atoms with E-state index in [1.807, 2.05) is 35.8 Å². The van der Waals surface area contributed by atoms with E-state index in [0.29, 0.717) is 0 Å². The summed E-state index contributed by atoms with van der Waals surface area (Å²) in [5.41, 5.74) is 7.75. The average Bonchev–Trinajstić information content (AvgIpc) is 2.83. The molecule has 0 atom stereocenters. The van der Waals surface area contributed by atoms with Crippen LogP contribution in [0.25, 0.3) is 0 Å². The minimum absolute atomic E-state index is 0.167. The highest BCUT2D eigenvalue weighted by atomic mass is 16.6. The molecule has 1 aromatic carbocycles. The molecular weight excluding hydrogens is 276 g/mol. The molecule has 0 aliphatic rings. The number of nitrogens with zero attached hydrogens (tertiary/aromatic N) is 4. The molecule has 0 aliphatic carbocycles. The summed E-state index contributed by atoms with van der Waals surface area (Å²) in [6, 6.07) is 8.37. The van der Waals surface area contributed by atoms with Crippen LogP contribution >= 0.6 is 0 Å². The first-order valence-electron chi connectivity index (χ1n) is 5.90. The topological polar surface area (TPSA) is 128 Å². The molecule has 108 valence electrons. The van der Waals surface area contributed by atoms with E-state index >= 15 is 0 Å². The Morgan fingerprint density at radius 1 is 1.48 bits per heavy atom. The summed E-state index contributed by atoms with van der Waals surface area (Å²) in [6.45, 7) is 0.259. The van der Waals surface area contributed by atoms with Gasteiger partial charge in [-0.3, -0.25) is 0 Å². The second-order valence-corrected chi connectivity index (χ2v) is 4.04. The van der Waals surface area contributed by atoms with Crippen LogP contribution in [0.15, 0.2) is 41.6 Å². The van der Waals surface area contributed by atoms with Crippen LogP contribution in [-0.2, 0) is 6.54 Å². The van der Waals surface area contributed by atoms with Gasteiger partial charge in [-0.1, -0.05) is 30.3 Å². The van der Waals surface area contributed by atoms with Gasteiger partial charge in [0.05, 0.1) is 0 Å². The molecule has 0 saturated carbocycles. The van der Waals surface area contributed by atoms with E-state index in [0.717, 1.165) is 11.8 Å². The van der Waals surface area contributed by atoms with Crippen LogP contribution in [0.1, 0.15) is 11.4 Å². The third kappa shape index (κ3) is 3.62. The summed E-state index contributed by atoms with van der Waals surface area (Å²) in [6.07, 6.45) is 2.33. The molecule has 0 saturated heterocycles. The van der Waals surface area contributed by atoms with Crippen LogP contribution in [0.3, 0.4) is 0 Å². The zero-order valence-corrected chi connectivity index (χ0v) is 10.8. The van der Waals surface area contributed by atoms with Crippen LogP contribution in [0.5, 0.6) is 0 Å². The molecule has 3 N–H and O–H groups in total. The maximum absolute atomic E-state index is 11.0. The number of nitrogens with two attached hydrogens (primary N) is 1. The van der Waals surface area contributed by atoms with E-state index in [-0.39, 0.29) is 18.2 Å². The molecule has 0 spiro atoms. The van der Waals surface area contributed by atoms with Crippen LogP contribution in [-0.4, -0.2) is 26.7 Å². The minimum Gasteiger partial charge on any atom is -0.358 e. The summed E-state index contributed by atoms with van der Waals surface area (Å²) < 4.78 is 1.38. The number of hydrogen-bond donors (Lipinski definition) is 2. The van der Waals surface area contributed by atoms with E-state index < -0.39 is 11.0 Å². The quantitative estimate of drug-likeness (QED) is 0.479. The van der Waals surface area contributed by atoms with Crippen molar-refractivity contribution in [1.82, 2.24) is 15.0 Å². The van der Waals surface area contributed by atoms with Crippen molar-refractivity contribution >= 4 is 18.1 Å². The van der Waals surface area contributed by atoms with E-state index in [4.69, 9.17) is 5.73 Å². The SMILES string of the molecule is NC(=O)NN=Cc1ncc([N+](=O)[O-])n1Cc1ccccc1. The van der Waals surface area contributed by atoms with Gasteiger partial charge in [-0.15, -0.1) is 0 Å². The fraction of sp³-hybridized carbons (Fsp3) is 0.0833. The highest BCUT2D eigenvalue weighted by Gasteiger charge is 2.19. The Morgan fingerprint density at radius 2 is 2.19 bits per heavy atom. The number of carbonyl (C=O) groups is 1. The van der Waals surface area contributed by atoms with E-state index in [1.54, 1.807) is 0 Å². The summed E-state index contributed by atoms with van der Waals surface area (Å²) in [4.78, 5) is 24.9. The van der Waals surface area contributed by atoms with Crippen LogP contribution < -0.4 is 11.2 Å². The molecule has 2 amide bonds. The Kier molecular flexibility index (Phi) is 4.24. The molecule has 0 unspecified atom stereocenters. The summed E-state index contributed by atoms with van der Waals surface area (Å²) >= 11 is 0. The van der Waals surface area contributed by atoms with Gasteiger partial charge in [0.2, 0.25) is 5.82 Å². The number of nitro groups is 1. The zero-order chi connectivity index (χ0) is 15.2. The molecule has 21 heavy (non-hydrogen) atoms. The van der Waals surface area contributed by atoms with Crippen molar-refractivity contribution in [1.29, 1.82) is 0 Å². The van der Waals surface area contributed by atoms with Gasteiger partial charge in [0.25, 0.3) is 0 Å². The average molecular weight is 288 g/mol. The smallest absolute Gasteiger partial charge is 0.343 e. The highest BCUT2D eigenvalue weighted by molar-refractivity contribution is 5.78. The van der Waals surface area contributed by atoms with Gasteiger partial charge in [-0.05, 0) is 10.5 Å². The zero-order valence-electron chi connectivity index (χ0n) is 10.8. The first-order chi connectivity index (χ1) is 10.1. The number of aromatic nitrogens is 2. The number of imidazole rings is 1. The Morgan fingerprint density at radius 3 is 2.81 bits per heavy atom. The Balaban J connectivity index is 2.31. The number of amides is 2. The third-order valence-corrected chi connectivity index (χ3v) is 2.59. The lowest BCUT2D eigenvalue weighted by molar-refractivity contribution is -0.392. The second-order valence-electron chi connectivity index (χ2n) is 4.04. The maximum atomic E-state index is 11.0. The molecule has 0 fully saturated rings. The van der Waals surface area contributed by atoms with E-state index in [2.05, 4.69) is 10.1 Å². The molecule has 0 bridgehead atoms. The van der Waals surface area contributed by atoms with Gasteiger partial charge >= 0.3 is 11.8 Å². The van der Waals surface area contributed by atoms with Gasteiger partial charge in [0.15, 0.2) is 0 Å². The Bertz CT molecular complexity index is 680. The lowest BCUT2D eigenvalue weighted by Crippen LogP contribution is -2.24. The van der Waals surface area contributed by atoms with Crippen molar-refractivity contribution in [3.63, 3.8) is 0 Å². The van der Waals surface area contributed by atoms with E-state index in [9.17, 15) is 14.9 Å². The van der Waals surface area contributed by atoms with Gasteiger partial charge in [0.1, 0.15) is 19.0 Å². The van der Waals surface area contributed by atoms with Gasteiger partial charge < -0.3 is 15.8 Å². The summed E-state index contributed by atoms with van der Waals surface area (Å²) in [5.74, 6) is 0.0682. The fourth-order valence-corrected chi connectivity index (χ4v) is 1.71. The van der Waals surface area contributed by atoms with Crippen LogP contribution in [0.4, 0.5) is 10.6 Å². The molecular formula is C12H12N6O3. The maximum Gasteiger partial charge on any atom is 0.343 e. The second kappa shape index (κ2) is 6.28. The predicted molar refractivity (Wildman–Crippen MR) is 74.7 cm³/mol. The highest BCUT2D eigenvalue weighted by Crippen LogP contribution is 2.15. The molecule has 0 radical (unpaired) electrons. The Hall–Kier alpha value is -3.23. The van der Waals surface area contributed by atoms with Crippen molar-refractivity contribution in [3.8, 4) is 0 Å². The molecule has 1 aromatic heterocycles. The van der Waals surface area contributed by atoms with Crippen molar-refractivity contribution in [3.05, 3.63) is 58.0 Å². The number of benzene rings is 1. The molecule has 2 rings (SSSR count). The molecule has 2 aromatic rings. The molecule has 1 heterocycles. The molecule has 9 nitrogen and oxygen atoms in total. The lowest BCUT2D eigenvalue weighted by atomic mass is 10.2. The molecule has 9 heteroatoms. The number of rotatable bonds is 5. The number of urea groups is 1. The fourth-order valence-electron chi connectivity index (χ4n) is 1.71. The monoisotopic (exact) mass is 288 g/mol. The lowest BCUT2D eigenvalue weighted by Gasteiger charge is -2.02. The van der Waals surface area contributed by atoms with Gasteiger partial charge in [-0.25, -0.2) is 19.8 Å². The van der Waals surface area contributed by atoms with E-state index in [1.165, 1.54) is 10.8 Å². The summed E-state index contributed by atoms with van der Waals surface area (Å²) in [7, 11) is 0. The van der Waals surface area contributed by atoms with Crippen molar-refractivity contribution in [2.24, 2.45) is 10.8 Å².